The molecule has 6 atom stereocenters. The van der Waals surface area contributed by atoms with E-state index in [2.05, 4.69) is 0 Å². The van der Waals surface area contributed by atoms with Crippen LogP contribution in [0.2, 0.25) is 0 Å². The van der Waals surface area contributed by atoms with E-state index in [-0.39, 0.29) is 50.1 Å². The number of amides is 2. The van der Waals surface area contributed by atoms with Gasteiger partial charge in [-0.05, 0) is 85.3 Å². The Kier molecular flexibility index (Phi) is 14.2. The quantitative estimate of drug-likeness (QED) is 0.0642. The molecule has 13 heteroatoms. The number of phenolic OH excluding ortho intramolecular Hbond substituents is 1. The average molecular weight is 809 g/mol. The van der Waals surface area contributed by atoms with E-state index in [0.29, 0.717) is 5.75 Å². The lowest BCUT2D eigenvalue weighted by molar-refractivity contribution is -0.150. The molecule has 0 aliphatic carbocycles. The van der Waals surface area contributed by atoms with Gasteiger partial charge in [-0.1, -0.05) is 103 Å². The number of nitrogens with zero attached hydrogens (tertiary/aromatic N) is 2. The molecule has 2 amide bonds. The maximum absolute atomic E-state index is 14.9. The number of hydrogen-bond donors (Lipinski definition) is 3. The van der Waals surface area contributed by atoms with Crippen LogP contribution in [0.15, 0.2) is 140 Å². The van der Waals surface area contributed by atoms with Crippen LogP contribution >= 0.6 is 7.60 Å². The zero-order chi connectivity index (χ0) is 41.1. The van der Waals surface area contributed by atoms with Crippen molar-refractivity contribution in [3.05, 3.63) is 162 Å². The van der Waals surface area contributed by atoms with E-state index < -0.39 is 50.3 Å². The Balaban J connectivity index is 1.26. The minimum absolute atomic E-state index is 0.0967. The summed E-state index contributed by atoms with van der Waals surface area (Å²) in [4.78, 5) is 30.5. The van der Waals surface area contributed by atoms with Crippen LogP contribution in [-0.4, -0.2) is 80.5 Å². The van der Waals surface area contributed by atoms with Crippen LogP contribution in [0.5, 0.6) is 17.2 Å². The van der Waals surface area contributed by atoms with E-state index in [1.807, 2.05) is 60.7 Å². The van der Waals surface area contributed by atoms with Crippen LogP contribution < -0.4 is 9.26 Å². The highest BCUT2D eigenvalue weighted by atomic mass is 31.2. The van der Waals surface area contributed by atoms with Gasteiger partial charge in [0.1, 0.15) is 29.5 Å². The summed E-state index contributed by atoms with van der Waals surface area (Å²) >= 11 is 0. The Morgan fingerprint density at radius 3 is 1.62 bits per heavy atom. The maximum Gasteiger partial charge on any atom is 0.417 e. The SMILES string of the molecule is CCOC(=O)[C@@H](C)OP(=O)(COc1ccc(C[C@@H]2[C@H](O)[C@@H](O)[C@@H](Cc3ccc(O)cc3)N(Cc3ccccc3)C(=O)N2Cc2ccccc2)cc1)Oc1ccccc1. The smallest absolute Gasteiger partial charge is 0.417 e. The highest BCUT2D eigenvalue weighted by Crippen LogP contribution is 2.49. The van der Waals surface area contributed by atoms with Crippen LogP contribution in [0.4, 0.5) is 4.79 Å². The van der Waals surface area contributed by atoms with Crippen molar-refractivity contribution < 1.29 is 48.0 Å². The lowest BCUT2D eigenvalue weighted by Crippen LogP contribution is -2.50. The van der Waals surface area contributed by atoms with Crippen LogP contribution in [-0.2, 0) is 44.6 Å². The fraction of sp³-hybridized carbons (Fsp3) is 0.289. The molecule has 1 fully saturated rings. The number of urea groups is 1. The molecule has 1 saturated heterocycles. The van der Waals surface area contributed by atoms with E-state index in [1.165, 1.54) is 6.92 Å². The van der Waals surface area contributed by atoms with Gasteiger partial charge in [0.25, 0.3) is 0 Å². The van der Waals surface area contributed by atoms with Crippen molar-refractivity contribution in [1.82, 2.24) is 9.80 Å². The van der Waals surface area contributed by atoms with E-state index in [1.54, 1.807) is 95.6 Å². The molecule has 58 heavy (non-hydrogen) atoms. The van der Waals surface area contributed by atoms with Gasteiger partial charge in [-0.2, -0.15) is 0 Å². The Bertz CT molecular complexity index is 2110. The third-order valence-corrected chi connectivity index (χ3v) is 11.5. The third-order valence-electron chi connectivity index (χ3n) is 9.89. The minimum atomic E-state index is -4.06. The van der Waals surface area contributed by atoms with Crippen molar-refractivity contribution in [2.24, 2.45) is 0 Å². The van der Waals surface area contributed by atoms with Crippen molar-refractivity contribution in [1.29, 1.82) is 0 Å². The van der Waals surface area contributed by atoms with Crippen molar-refractivity contribution in [2.75, 3.05) is 13.0 Å². The number of aromatic hydroxyl groups is 1. The Morgan fingerprint density at radius 2 is 1.14 bits per heavy atom. The average Bonchev–Trinajstić information content (AvgIpc) is 3.29. The zero-order valence-electron chi connectivity index (χ0n) is 32.4. The predicted molar refractivity (Wildman–Crippen MR) is 218 cm³/mol. The monoisotopic (exact) mass is 808 g/mol. The highest BCUT2D eigenvalue weighted by molar-refractivity contribution is 7.54. The standard InChI is InChI=1S/C45H49N2O10P/c1-3-54-44(51)32(2)56-58(53,57-39-17-11-6-12-18-39)31-55-38-25-21-34(22-26-38)28-41-43(50)42(49)40(27-33-19-23-37(48)24-20-33)46(29-35-13-7-4-8-14-35)45(52)47(41)30-36-15-9-5-10-16-36/h4-26,32,40-43,48-50H,3,27-31H2,1-2H3/t32-,40-,41-,42+,43+,58?/m1/s1. The Hall–Kier alpha value is -5.65. The molecule has 1 heterocycles. The molecule has 1 aliphatic rings. The number of ether oxygens (including phenoxy) is 2. The van der Waals surface area contributed by atoms with Gasteiger partial charge >= 0.3 is 19.6 Å². The van der Waals surface area contributed by atoms with Crippen LogP contribution in [0.3, 0.4) is 0 Å². The summed E-state index contributed by atoms with van der Waals surface area (Å²) in [6.07, 6.45) is -3.99. The summed E-state index contributed by atoms with van der Waals surface area (Å²) < 4.78 is 36.3. The maximum atomic E-state index is 14.9. The number of benzene rings is 5. The molecule has 0 aromatic heterocycles. The van der Waals surface area contributed by atoms with Crippen molar-refractivity contribution in [2.45, 2.75) is 70.2 Å². The first-order valence-electron chi connectivity index (χ1n) is 19.2. The topological polar surface area (TPSA) is 155 Å². The number of carbonyl (C=O) groups is 2. The van der Waals surface area contributed by atoms with Crippen molar-refractivity contribution >= 4 is 19.6 Å². The molecule has 0 saturated carbocycles. The van der Waals surface area contributed by atoms with Crippen LogP contribution in [0.25, 0.3) is 0 Å². The molecule has 304 valence electrons. The number of esters is 1. The fourth-order valence-corrected chi connectivity index (χ4v) is 8.39. The lowest BCUT2D eigenvalue weighted by Gasteiger charge is -2.36. The van der Waals surface area contributed by atoms with Crippen LogP contribution in [0.1, 0.15) is 36.1 Å². The molecule has 0 radical (unpaired) electrons. The van der Waals surface area contributed by atoms with E-state index in [0.717, 1.165) is 22.3 Å². The highest BCUT2D eigenvalue weighted by Gasteiger charge is 2.46. The third kappa shape index (κ3) is 11.0. The fourth-order valence-electron chi connectivity index (χ4n) is 6.92. The summed E-state index contributed by atoms with van der Waals surface area (Å²) in [6, 6.07) is 38.9. The second kappa shape index (κ2) is 19.7. The summed E-state index contributed by atoms with van der Waals surface area (Å²) in [5, 5.41) is 34.1. The van der Waals surface area contributed by atoms with E-state index >= 15 is 0 Å². The molecule has 5 aromatic rings. The largest absolute Gasteiger partial charge is 0.508 e. The number of phenols is 1. The molecule has 1 unspecified atom stereocenters. The second-order valence-corrected chi connectivity index (χ2v) is 16.0. The van der Waals surface area contributed by atoms with Crippen molar-refractivity contribution in [3.63, 3.8) is 0 Å². The molecule has 5 aromatic carbocycles. The molecule has 1 aliphatic heterocycles. The van der Waals surface area contributed by atoms with Gasteiger partial charge in [-0.3, -0.25) is 4.52 Å². The normalized spacial score (nSPS) is 19.8. The van der Waals surface area contributed by atoms with Crippen LogP contribution in [0, 0.1) is 0 Å². The number of rotatable bonds is 17. The Labute approximate surface area is 338 Å². The van der Waals surface area contributed by atoms with Gasteiger partial charge in [0.2, 0.25) is 6.35 Å². The van der Waals surface area contributed by atoms with Gasteiger partial charge in [0, 0.05) is 13.1 Å². The molecule has 12 nitrogen and oxygen atoms in total. The predicted octanol–water partition coefficient (Wildman–Crippen LogP) is 7.35. The number of aliphatic hydroxyl groups is 2. The summed E-state index contributed by atoms with van der Waals surface area (Å²) in [6.45, 7) is 3.57. The number of carbonyl (C=O) groups excluding carboxylic acids is 2. The van der Waals surface area contributed by atoms with Gasteiger partial charge < -0.3 is 39.1 Å². The van der Waals surface area contributed by atoms with E-state index in [9.17, 15) is 29.5 Å². The first-order valence-corrected chi connectivity index (χ1v) is 20.9. The van der Waals surface area contributed by atoms with Gasteiger partial charge in [-0.15, -0.1) is 0 Å². The molecular formula is C45H49N2O10P. The first kappa shape index (κ1) is 42.0. The number of hydrogen-bond acceptors (Lipinski definition) is 10. The minimum Gasteiger partial charge on any atom is -0.508 e. The molecule has 6 rings (SSSR count). The van der Waals surface area contributed by atoms with Gasteiger partial charge in [0.05, 0.1) is 18.7 Å². The molecule has 3 N–H and O–H groups in total. The first-order chi connectivity index (χ1) is 28.0. The molecule has 0 bridgehead atoms. The molecule has 0 spiro atoms. The molecular weight excluding hydrogens is 759 g/mol. The lowest BCUT2D eigenvalue weighted by atomic mass is 9.90. The summed E-state index contributed by atoms with van der Waals surface area (Å²) in [5.41, 5.74) is 3.23. The summed E-state index contributed by atoms with van der Waals surface area (Å²) in [5.74, 6) is 0.00512. The Morgan fingerprint density at radius 1 is 0.672 bits per heavy atom. The van der Waals surface area contributed by atoms with Gasteiger partial charge in [0.15, 0.2) is 6.10 Å². The number of aliphatic hydroxyl groups excluding tert-OH is 2. The van der Waals surface area contributed by atoms with Crippen molar-refractivity contribution in [3.8, 4) is 17.2 Å². The zero-order valence-corrected chi connectivity index (χ0v) is 33.3. The number of para-hydroxylation sites is 1. The van der Waals surface area contributed by atoms with E-state index in [4.69, 9.17) is 18.5 Å². The second-order valence-electron chi connectivity index (χ2n) is 14.1. The summed E-state index contributed by atoms with van der Waals surface area (Å²) in [7, 11) is -4.06. The van der Waals surface area contributed by atoms with Gasteiger partial charge in [-0.25, -0.2) is 14.2 Å².